The van der Waals surface area contributed by atoms with Crippen LogP contribution in [0.2, 0.25) is 0 Å². The number of hydrogen-bond donors (Lipinski definition) is 1. The Hall–Kier alpha value is -2.95. The van der Waals surface area contributed by atoms with Gasteiger partial charge in [0.15, 0.2) is 11.6 Å². The average Bonchev–Trinajstić information content (AvgIpc) is 3.38. The number of alkyl halides is 1. The van der Waals surface area contributed by atoms with Gasteiger partial charge in [-0.3, -0.25) is 0 Å². The fraction of sp³-hybridized carbons (Fsp3) is 0.273. The van der Waals surface area contributed by atoms with E-state index in [0.717, 1.165) is 33.7 Å². The summed E-state index contributed by atoms with van der Waals surface area (Å²) >= 11 is 2.15. The fourth-order valence-corrected chi connectivity index (χ4v) is 2.56. The normalized spacial score (nSPS) is 10.8. The van der Waals surface area contributed by atoms with Gasteiger partial charge in [-0.15, -0.1) is 0 Å². The van der Waals surface area contributed by atoms with Gasteiger partial charge in [-0.05, 0) is 41.3 Å². The van der Waals surface area contributed by atoms with Crippen LogP contribution >= 0.6 is 22.6 Å². The van der Waals surface area contributed by atoms with Crippen LogP contribution in [-0.2, 0) is 7.05 Å². The molecule has 0 aliphatic rings. The van der Waals surface area contributed by atoms with E-state index >= 15 is 0 Å². The predicted octanol–water partition coefficient (Wildman–Crippen LogP) is 4.63. The quantitative estimate of drug-likeness (QED) is 0.180. The smallest absolute Gasteiger partial charge is 0.154 e. The predicted molar refractivity (Wildman–Crippen MR) is 140 cm³/mol. The summed E-state index contributed by atoms with van der Waals surface area (Å²) in [7, 11) is 9.73. The lowest BCUT2D eigenvalue weighted by Gasteiger charge is -2.02. The number of aryl methyl sites for hydroxylation is 1. The fourth-order valence-electron chi connectivity index (χ4n) is 2.56. The third kappa shape index (κ3) is 7.35. The molecule has 0 aromatic carbocycles. The Bertz CT molecular complexity index is 1140. The first-order chi connectivity index (χ1) is 14.9. The van der Waals surface area contributed by atoms with Crippen LogP contribution in [0.4, 0.5) is 11.6 Å². The summed E-state index contributed by atoms with van der Waals surface area (Å²) in [5.74, 6) is 1.47. The molecule has 0 atom stereocenters. The molecule has 0 saturated heterocycles. The minimum absolute atomic E-state index is 0.728. The summed E-state index contributed by atoms with van der Waals surface area (Å²) in [6.07, 6.45) is 7.35. The number of halogens is 1. The zero-order chi connectivity index (χ0) is 22.8. The average molecular weight is 532 g/mol. The van der Waals surface area contributed by atoms with Crippen molar-refractivity contribution in [2.45, 2.75) is 0 Å². The van der Waals surface area contributed by atoms with Gasteiger partial charge < -0.3 is 19.4 Å². The summed E-state index contributed by atoms with van der Waals surface area (Å²) in [4.78, 5) is 26.1. The molecule has 0 aliphatic heterocycles. The Balaban J connectivity index is 0.000000204. The Labute approximate surface area is 196 Å². The van der Waals surface area contributed by atoms with Crippen molar-refractivity contribution in [3.05, 3.63) is 48.8 Å². The van der Waals surface area contributed by atoms with Crippen LogP contribution in [0, 0.1) is 0 Å². The largest absolute Gasteiger partial charge is 0.369 e. The van der Waals surface area contributed by atoms with Gasteiger partial charge in [-0.2, -0.15) is 0 Å². The van der Waals surface area contributed by atoms with Crippen LogP contribution < -0.4 is 0 Å². The van der Waals surface area contributed by atoms with E-state index in [0.29, 0.717) is 0 Å². The highest BCUT2D eigenvalue weighted by atomic mass is 127. The van der Waals surface area contributed by atoms with Crippen LogP contribution in [0.3, 0.4) is 0 Å². The van der Waals surface area contributed by atoms with Crippen LogP contribution in [0.5, 0.6) is 0 Å². The number of aromatic nitrogens is 4. The van der Waals surface area contributed by atoms with E-state index in [1.807, 2.05) is 103 Å². The highest BCUT2D eigenvalue weighted by molar-refractivity contribution is 14.1. The monoisotopic (exact) mass is 532 g/mol. The lowest BCUT2D eigenvalue weighted by molar-refractivity contribution is 0.643. The molecule has 31 heavy (non-hydrogen) atoms. The van der Waals surface area contributed by atoms with Crippen molar-refractivity contribution in [1.29, 1.82) is 0 Å². The molecule has 4 aromatic rings. The molecule has 4 heterocycles. The van der Waals surface area contributed by atoms with E-state index in [9.17, 15) is 0 Å². The van der Waals surface area contributed by atoms with E-state index in [2.05, 4.69) is 47.5 Å². The third-order valence-corrected chi connectivity index (χ3v) is 3.96. The van der Waals surface area contributed by atoms with Crippen molar-refractivity contribution in [2.24, 2.45) is 17.0 Å². The first kappa shape index (κ1) is 24.3. The molecule has 0 amide bonds. The van der Waals surface area contributed by atoms with Gasteiger partial charge in [-0.1, -0.05) is 22.6 Å². The van der Waals surface area contributed by atoms with Crippen LogP contribution in [-0.4, -0.2) is 75.1 Å². The lowest BCUT2D eigenvalue weighted by atomic mass is 10.4. The van der Waals surface area contributed by atoms with Crippen molar-refractivity contribution in [1.82, 2.24) is 29.3 Å². The number of rotatable bonds is 4. The first-order valence-corrected chi connectivity index (χ1v) is 11.7. The topological polar surface area (TPSA) is 77.7 Å². The van der Waals surface area contributed by atoms with Gasteiger partial charge in [0.05, 0.1) is 34.7 Å². The minimum Gasteiger partial charge on any atom is -0.369 e. The maximum absolute atomic E-state index is 4.42. The number of pyridine rings is 2. The highest BCUT2D eigenvalue weighted by Gasteiger charge is 1.99. The van der Waals surface area contributed by atoms with Crippen molar-refractivity contribution in [3.63, 3.8) is 0 Å². The number of aliphatic imine (C=N–C) groups is 2. The van der Waals surface area contributed by atoms with E-state index in [1.54, 1.807) is 12.7 Å². The zero-order valence-corrected chi connectivity index (χ0v) is 20.9. The summed E-state index contributed by atoms with van der Waals surface area (Å²) < 4.78 is 2.04. The zero-order valence-electron chi connectivity index (χ0n) is 18.8. The second-order valence-corrected chi connectivity index (χ2v) is 7.00. The van der Waals surface area contributed by atoms with Crippen LogP contribution in [0.15, 0.2) is 58.8 Å². The van der Waals surface area contributed by atoms with Gasteiger partial charge in [-0.25, -0.2) is 20.0 Å². The Kier molecular flexibility index (Phi) is 9.44. The first-order valence-electron chi connectivity index (χ1n) is 9.57. The molecule has 0 radical (unpaired) electrons. The molecule has 4 aromatic heterocycles. The number of nitrogens with zero attached hydrogens (tertiary/aromatic N) is 7. The molecule has 8 nitrogen and oxygen atoms in total. The molecule has 9 heteroatoms. The van der Waals surface area contributed by atoms with E-state index < -0.39 is 0 Å². The molecule has 0 spiro atoms. The molecule has 4 rings (SSSR count). The minimum atomic E-state index is 0.728. The van der Waals surface area contributed by atoms with Crippen molar-refractivity contribution in [2.75, 3.05) is 33.1 Å². The SMILES string of the molecule is CI.CN(C)C=Nc1ccc2[nH]ccc2n1.CN(C)C=Nc1ccc2c(ccn2C)n1. The summed E-state index contributed by atoms with van der Waals surface area (Å²) in [5.41, 5.74) is 4.08. The molecule has 164 valence electrons. The third-order valence-electron chi connectivity index (χ3n) is 3.96. The second-order valence-electron chi connectivity index (χ2n) is 7.00. The summed E-state index contributed by atoms with van der Waals surface area (Å²) in [5, 5.41) is 0. The number of aromatic amines is 1. The van der Waals surface area contributed by atoms with E-state index in [4.69, 9.17) is 0 Å². The Morgan fingerprint density at radius 1 is 0.839 bits per heavy atom. The van der Waals surface area contributed by atoms with Gasteiger partial charge in [0.1, 0.15) is 0 Å². The van der Waals surface area contributed by atoms with Crippen molar-refractivity contribution in [3.8, 4) is 0 Å². The molecule has 0 unspecified atom stereocenters. The Morgan fingerprint density at radius 2 is 1.42 bits per heavy atom. The summed E-state index contributed by atoms with van der Waals surface area (Å²) in [6, 6.07) is 11.7. The Morgan fingerprint density at radius 3 is 2.03 bits per heavy atom. The summed E-state index contributed by atoms with van der Waals surface area (Å²) in [6.45, 7) is 0. The molecule has 0 saturated carbocycles. The van der Waals surface area contributed by atoms with Crippen LogP contribution in [0.1, 0.15) is 0 Å². The molecular formula is C22H29IN8. The maximum atomic E-state index is 4.42. The van der Waals surface area contributed by atoms with E-state index in [-0.39, 0.29) is 0 Å². The number of nitrogens with one attached hydrogen (secondary N) is 1. The van der Waals surface area contributed by atoms with Crippen LogP contribution in [0.25, 0.3) is 22.1 Å². The molecular weight excluding hydrogens is 503 g/mol. The van der Waals surface area contributed by atoms with Gasteiger partial charge in [0, 0.05) is 47.6 Å². The molecule has 0 bridgehead atoms. The molecule has 0 aliphatic carbocycles. The van der Waals surface area contributed by atoms with Gasteiger partial charge in [0.25, 0.3) is 0 Å². The van der Waals surface area contributed by atoms with E-state index in [1.165, 1.54) is 0 Å². The number of hydrogen-bond acceptors (Lipinski definition) is 4. The molecule has 1 N–H and O–H groups in total. The number of fused-ring (bicyclic) bond motifs is 2. The van der Waals surface area contributed by atoms with Gasteiger partial charge >= 0.3 is 0 Å². The highest BCUT2D eigenvalue weighted by Crippen LogP contribution is 2.17. The maximum Gasteiger partial charge on any atom is 0.154 e. The second kappa shape index (κ2) is 12.0. The number of H-pyrrole nitrogens is 1. The lowest BCUT2D eigenvalue weighted by Crippen LogP contribution is -2.07. The standard InChI is InChI=1S/C11H14N4.C10H12N4.CH3I/c1-14(2)8-12-11-5-4-10-9(13-11)6-7-15(10)3;1-14(2)7-12-10-4-3-8-9(13-10)5-6-11-8;1-2/h4-8H,1-3H3;3-7,11H,1-2H3;1H3. The van der Waals surface area contributed by atoms with Gasteiger partial charge in [0.2, 0.25) is 0 Å². The van der Waals surface area contributed by atoms with Crippen molar-refractivity contribution < 1.29 is 0 Å². The molecule has 0 fully saturated rings. The van der Waals surface area contributed by atoms with Crippen molar-refractivity contribution >= 4 is 69.0 Å².